The zero-order chi connectivity index (χ0) is 21.6. The second kappa shape index (κ2) is 7.20. The Morgan fingerprint density at radius 2 is 1.87 bits per heavy atom. The third-order valence-electron chi connectivity index (χ3n) is 6.01. The minimum Gasteiger partial charge on any atom is -0.484 e. The van der Waals surface area contributed by atoms with E-state index in [0.717, 1.165) is 10.9 Å². The second-order valence-electron chi connectivity index (χ2n) is 8.54. The predicted octanol–water partition coefficient (Wildman–Crippen LogP) is 3.19. The minimum atomic E-state index is -0.265. The van der Waals surface area contributed by atoms with Crippen LogP contribution in [0.25, 0.3) is 11.0 Å². The highest BCUT2D eigenvalue weighted by Crippen LogP contribution is 2.60. The van der Waals surface area contributed by atoms with Gasteiger partial charge in [-0.2, -0.15) is 0 Å². The van der Waals surface area contributed by atoms with Crippen molar-refractivity contribution in [1.82, 2.24) is 20.6 Å². The molecule has 6 rings (SSSR count). The number of benzene rings is 1. The van der Waals surface area contributed by atoms with Crippen LogP contribution in [0.4, 0.5) is 0 Å². The van der Waals surface area contributed by atoms with E-state index in [0.29, 0.717) is 41.4 Å². The highest BCUT2D eigenvalue weighted by atomic mass is 35.5. The van der Waals surface area contributed by atoms with E-state index >= 15 is 0 Å². The van der Waals surface area contributed by atoms with Gasteiger partial charge in [-0.15, -0.1) is 0 Å². The van der Waals surface area contributed by atoms with Gasteiger partial charge in [0, 0.05) is 27.7 Å². The van der Waals surface area contributed by atoms with Gasteiger partial charge in [-0.1, -0.05) is 11.6 Å². The van der Waals surface area contributed by atoms with Crippen LogP contribution in [0, 0.1) is 6.92 Å². The molecule has 0 unspecified atom stereocenters. The number of rotatable bonds is 6. The number of fused-ring (bicyclic) bond motifs is 1. The molecule has 158 valence electrons. The molecular weight excluding hydrogens is 416 g/mol. The average molecular weight is 437 g/mol. The Morgan fingerprint density at radius 3 is 2.65 bits per heavy atom. The lowest BCUT2D eigenvalue weighted by Crippen LogP contribution is -2.84. The van der Waals surface area contributed by atoms with Gasteiger partial charge in [0.25, 0.3) is 11.8 Å². The van der Waals surface area contributed by atoms with E-state index in [9.17, 15) is 9.59 Å². The first kappa shape index (κ1) is 19.8. The Morgan fingerprint density at radius 1 is 1.10 bits per heavy atom. The van der Waals surface area contributed by atoms with Gasteiger partial charge in [-0.05, 0) is 74.2 Å². The van der Waals surface area contributed by atoms with Gasteiger partial charge in [0.05, 0.1) is 0 Å². The third-order valence-corrected chi connectivity index (χ3v) is 6.43. The van der Waals surface area contributed by atoms with E-state index in [4.69, 9.17) is 16.3 Å². The van der Waals surface area contributed by atoms with Crippen molar-refractivity contribution >= 4 is 34.4 Å². The zero-order valence-corrected chi connectivity index (χ0v) is 17.7. The molecule has 3 aromatic rings. The zero-order valence-electron chi connectivity index (χ0n) is 16.9. The molecule has 7 nitrogen and oxygen atoms in total. The largest absolute Gasteiger partial charge is 0.484 e. The number of halogens is 1. The molecule has 2 N–H and O–H groups in total. The first-order valence-corrected chi connectivity index (χ1v) is 10.5. The van der Waals surface area contributed by atoms with Gasteiger partial charge in [0.1, 0.15) is 11.4 Å². The molecule has 2 heterocycles. The van der Waals surface area contributed by atoms with Crippen molar-refractivity contribution in [2.45, 2.75) is 37.3 Å². The summed E-state index contributed by atoms with van der Waals surface area (Å²) in [6.07, 6.45) is 3.79. The summed E-state index contributed by atoms with van der Waals surface area (Å²) < 4.78 is 5.56. The number of carbonyl (C=O) groups is 2. The number of amides is 2. The second-order valence-corrected chi connectivity index (χ2v) is 8.95. The SMILES string of the molecule is Cc1cc(OCC(=O)NC23CC(NC(=O)c4ccc5cccnc5n4)(C2)C3)ccc1Cl. The third kappa shape index (κ3) is 3.70. The summed E-state index contributed by atoms with van der Waals surface area (Å²) >= 11 is 6.00. The molecule has 3 fully saturated rings. The molecule has 2 bridgehead atoms. The van der Waals surface area contributed by atoms with Gasteiger partial charge in [-0.3, -0.25) is 9.59 Å². The van der Waals surface area contributed by atoms with E-state index in [1.807, 2.05) is 25.1 Å². The maximum atomic E-state index is 12.6. The molecule has 3 aliphatic carbocycles. The molecule has 0 aliphatic heterocycles. The molecule has 3 saturated carbocycles. The number of aryl methyl sites for hydroxylation is 1. The molecule has 31 heavy (non-hydrogen) atoms. The van der Waals surface area contributed by atoms with Crippen LogP contribution in [-0.4, -0.2) is 39.5 Å². The van der Waals surface area contributed by atoms with Gasteiger partial charge < -0.3 is 15.4 Å². The molecular formula is C23H21ClN4O3. The van der Waals surface area contributed by atoms with Crippen molar-refractivity contribution in [3.8, 4) is 5.75 Å². The smallest absolute Gasteiger partial charge is 0.270 e. The number of aromatic nitrogens is 2. The van der Waals surface area contributed by atoms with Crippen LogP contribution in [0.1, 0.15) is 35.3 Å². The maximum Gasteiger partial charge on any atom is 0.270 e. The highest BCUT2D eigenvalue weighted by Gasteiger charge is 2.69. The van der Waals surface area contributed by atoms with Crippen molar-refractivity contribution < 1.29 is 14.3 Å². The first-order chi connectivity index (χ1) is 14.9. The lowest BCUT2D eigenvalue weighted by molar-refractivity contribution is -0.141. The van der Waals surface area contributed by atoms with Crippen LogP contribution < -0.4 is 15.4 Å². The number of nitrogens with one attached hydrogen (secondary N) is 2. The summed E-state index contributed by atoms with van der Waals surface area (Å²) in [6, 6.07) is 12.6. The molecule has 2 aromatic heterocycles. The van der Waals surface area contributed by atoms with Crippen LogP contribution in [-0.2, 0) is 4.79 Å². The van der Waals surface area contributed by atoms with Crippen molar-refractivity contribution in [1.29, 1.82) is 0 Å². The number of ether oxygens (including phenoxy) is 1. The van der Waals surface area contributed by atoms with Crippen LogP contribution in [0.3, 0.4) is 0 Å². The van der Waals surface area contributed by atoms with Crippen LogP contribution in [0.5, 0.6) is 5.75 Å². The number of carbonyl (C=O) groups excluding carboxylic acids is 2. The van der Waals surface area contributed by atoms with Gasteiger partial charge >= 0.3 is 0 Å². The maximum absolute atomic E-state index is 12.6. The molecule has 3 aliphatic rings. The van der Waals surface area contributed by atoms with Crippen molar-refractivity contribution in [2.24, 2.45) is 0 Å². The summed E-state index contributed by atoms with van der Waals surface area (Å²) in [5.41, 5.74) is 1.28. The number of pyridine rings is 2. The lowest BCUT2D eigenvalue weighted by Gasteiger charge is -2.70. The summed E-state index contributed by atoms with van der Waals surface area (Å²) in [7, 11) is 0. The van der Waals surface area contributed by atoms with Gasteiger partial charge in [-0.25, -0.2) is 9.97 Å². The Kier molecular flexibility index (Phi) is 4.59. The summed E-state index contributed by atoms with van der Waals surface area (Å²) in [6.45, 7) is 1.82. The van der Waals surface area contributed by atoms with Gasteiger partial charge in [0.15, 0.2) is 12.3 Å². The van der Waals surface area contributed by atoms with Crippen LogP contribution >= 0.6 is 11.6 Å². The molecule has 8 heteroatoms. The quantitative estimate of drug-likeness (QED) is 0.619. The molecule has 1 aromatic carbocycles. The number of nitrogens with zero attached hydrogens (tertiary/aromatic N) is 2. The van der Waals surface area contributed by atoms with Crippen LogP contribution in [0.2, 0.25) is 5.02 Å². The molecule has 0 radical (unpaired) electrons. The molecule has 2 amide bonds. The minimum absolute atomic E-state index is 0.0593. The molecule has 0 saturated heterocycles. The van der Waals surface area contributed by atoms with E-state index < -0.39 is 0 Å². The van der Waals surface area contributed by atoms with Gasteiger partial charge in [0.2, 0.25) is 0 Å². The molecule has 0 spiro atoms. The Balaban J connectivity index is 1.12. The number of hydrogen-bond donors (Lipinski definition) is 2. The average Bonchev–Trinajstić information content (AvgIpc) is 2.71. The standard InChI is InChI=1S/C23H21ClN4O3/c1-14-9-16(5-6-17(14)24)31-10-19(29)27-22-11-23(12-22,13-22)28-21(30)18-7-4-15-3-2-8-25-20(15)26-18/h2-9H,10-13H2,1H3,(H,27,29)(H,28,30). The lowest BCUT2D eigenvalue weighted by atomic mass is 9.44. The topological polar surface area (TPSA) is 93.2 Å². The Labute approximate surface area is 184 Å². The predicted molar refractivity (Wildman–Crippen MR) is 116 cm³/mol. The number of hydrogen-bond acceptors (Lipinski definition) is 5. The summed E-state index contributed by atoms with van der Waals surface area (Å²) in [4.78, 5) is 33.5. The van der Waals surface area contributed by atoms with E-state index in [1.165, 1.54) is 0 Å². The van der Waals surface area contributed by atoms with E-state index in [2.05, 4.69) is 20.6 Å². The normalized spacial score (nSPS) is 23.4. The summed E-state index contributed by atoms with van der Waals surface area (Å²) in [5.74, 6) is 0.221. The van der Waals surface area contributed by atoms with Crippen molar-refractivity contribution in [3.05, 3.63) is 64.9 Å². The van der Waals surface area contributed by atoms with Crippen molar-refractivity contribution in [3.63, 3.8) is 0 Å². The fourth-order valence-corrected chi connectivity index (χ4v) is 4.74. The summed E-state index contributed by atoms with van der Waals surface area (Å²) in [5, 5.41) is 7.68. The van der Waals surface area contributed by atoms with E-state index in [1.54, 1.807) is 30.5 Å². The monoisotopic (exact) mass is 436 g/mol. The fraction of sp³-hybridized carbons (Fsp3) is 0.304. The first-order valence-electron chi connectivity index (χ1n) is 10.1. The van der Waals surface area contributed by atoms with Crippen molar-refractivity contribution in [2.75, 3.05) is 6.61 Å². The van der Waals surface area contributed by atoms with Crippen LogP contribution in [0.15, 0.2) is 48.7 Å². The Hall–Kier alpha value is -3.19. The van der Waals surface area contributed by atoms with E-state index in [-0.39, 0.29) is 29.5 Å². The fourth-order valence-electron chi connectivity index (χ4n) is 4.63. The highest BCUT2D eigenvalue weighted by molar-refractivity contribution is 6.31. The Bertz CT molecular complexity index is 1190. The molecule has 0 atom stereocenters.